The van der Waals surface area contributed by atoms with E-state index in [-0.39, 0.29) is 0 Å². The molecule has 110 valence electrons. The first-order valence-electron chi connectivity index (χ1n) is 6.11. The van der Waals surface area contributed by atoms with Crippen molar-refractivity contribution >= 4 is 26.7 Å². The topological polar surface area (TPSA) is 42.7 Å². The molecule has 0 aliphatic heterocycles. The largest absolute Gasteiger partial charge is 0.416 e. The van der Waals surface area contributed by atoms with Crippen molar-refractivity contribution in [1.29, 1.82) is 0 Å². The van der Waals surface area contributed by atoms with Crippen LogP contribution < -0.4 is 5.32 Å². The molecule has 21 heavy (non-hydrogen) atoms. The molecule has 0 radical (unpaired) electrons. The summed E-state index contributed by atoms with van der Waals surface area (Å²) in [4.78, 5) is 4.19. The molecule has 2 aromatic heterocycles. The minimum absolute atomic E-state index is 0.350. The first kappa shape index (κ1) is 13.9. The minimum atomic E-state index is -4.35. The number of rotatable bonds is 3. The van der Waals surface area contributed by atoms with Crippen LogP contribution in [-0.4, -0.2) is 14.8 Å². The molecule has 3 rings (SSSR count). The van der Waals surface area contributed by atoms with Gasteiger partial charge in [0.15, 0.2) is 5.13 Å². The Morgan fingerprint density at radius 3 is 2.81 bits per heavy atom. The number of hydrogen-bond acceptors (Lipinski definition) is 4. The SMILES string of the molecule is Cn1cc(CNc2nc3cc(C(F)(F)F)ccc3s2)cn1. The normalized spacial score (nSPS) is 12.0. The highest BCUT2D eigenvalue weighted by Gasteiger charge is 2.30. The number of nitrogens with zero attached hydrogens (tertiary/aromatic N) is 3. The Labute approximate surface area is 122 Å². The van der Waals surface area contributed by atoms with Gasteiger partial charge in [-0.15, -0.1) is 0 Å². The molecule has 0 aliphatic rings. The molecule has 1 aromatic carbocycles. The maximum atomic E-state index is 12.6. The molecule has 0 saturated heterocycles. The molecule has 0 bridgehead atoms. The fourth-order valence-electron chi connectivity index (χ4n) is 1.92. The van der Waals surface area contributed by atoms with Gasteiger partial charge in [-0.2, -0.15) is 18.3 Å². The number of nitrogens with one attached hydrogen (secondary N) is 1. The van der Waals surface area contributed by atoms with E-state index in [0.29, 0.717) is 17.2 Å². The van der Waals surface area contributed by atoms with E-state index in [1.54, 1.807) is 10.9 Å². The van der Waals surface area contributed by atoms with Crippen LogP contribution in [0.2, 0.25) is 0 Å². The Morgan fingerprint density at radius 2 is 2.14 bits per heavy atom. The summed E-state index contributed by atoms with van der Waals surface area (Å²) in [5.41, 5.74) is 0.648. The van der Waals surface area contributed by atoms with Gasteiger partial charge < -0.3 is 5.32 Å². The third-order valence-electron chi connectivity index (χ3n) is 2.92. The summed E-state index contributed by atoms with van der Waals surface area (Å²) in [6.45, 7) is 0.528. The van der Waals surface area contributed by atoms with E-state index in [4.69, 9.17) is 0 Å². The zero-order valence-electron chi connectivity index (χ0n) is 11.0. The Balaban J connectivity index is 1.80. The van der Waals surface area contributed by atoms with Crippen molar-refractivity contribution in [3.8, 4) is 0 Å². The molecule has 3 aromatic rings. The van der Waals surface area contributed by atoms with Crippen LogP contribution in [0.15, 0.2) is 30.6 Å². The van der Waals surface area contributed by atoms with Crippen molar-refractivity contribution in [3.05, 3.63) is 41.7 Å². The smallest absolute Gasteiger partial charge is 0.357 e. The van der Waals surface area contributed by atoms with Gasteiger partial charge in [-0.3, -0.25) is 4.68 Å². The molecule has 0 fully saturated rings. The zero-order chi connectivity index (χ0) is 15.0. The van der Waals surface area contributed by atoms with Crippen LogP contribution in [0, 0.1) is 0 Å². The van der Waals surface area contributed by atoms with Gasteiger partial charge in [-0.25, -0.2) is 4.98 Å². The van der Waals surface area contributed by atoms with Crippen LogP contribution in [0.25, 0.3) is 10.2 Å². The molecule has 0 atom stereocenters. The van der Waals surface area contributed by atoms with Gasteiger partial charge in [0.1, 0.15) is 0 Å². The third-order valence-corrected chi connectivity index (χ3v) is 3.91. The predicted octanol–water partition coefficient (Wildman–Crippen LogP) is 3.66. The number of fused-ring (bicyclic) bond motifs is 1. The number of aryl methyl sites for hydroxylation is 1. The number of thiazole rings is 1. The van der Waals surface area contributed by atoms with Gasteiger partial charge in [-0.1, -0.05) is 11.3 Å². The van der Waals surface area contributed by atoms with E-state index in [2.05, 4.69) is 15.4 Å². The Morgan fingerprint density at radius 1 is 1.33 bits per heavy atom. The summed E-state index contributed by atoms with van der Waals surface area (Å²) in [6.07, 6.45) is -0.759. The lowest BCUT2D eigenvalue weighted by Crippen LogP contribution is -2.04. The molecule has 0 saturated carbocycles. The maximum absolute atomic E-state index is 12.6. The average molecular weight is 312 g/mol. The third kappa shape index (κ3) is 2.99. The number of benzene rings is 1. The van der Waals surface area contributed by atoms with E-state index >= 15 is 0 Å². The summed E-state index contributed by atoms with van der Waals surface area (Å²) in [6, 6.07) is 3.59. The van der Waals surface area contributed by atoms with E-state index in [9.17, 15) is 13.2 Å². The Bertz CT molecular complexity index is 775. The van der Waals surface area contributed by atoms with Gasteiger partial charge in [-0.05, 0) is 18.2 Å². The molecule has 1 N–H and O–H groups in total. The molecule has 2 heterocycles. The highest BCUT2D eigenvalue weighted by molar-refractivity contribution is 7.22. The van der Waals surface area contributed by atoms with Crippen molar-refractivity contribution in [2.45, 2.75) is 12.7 Å². The fraction of sp³-hybridized carbons (Fsp3) is 0.231. The lowest BCUT2D eigenvalue weighted by atomic mass is 10.2. The van der Waals surface area contributed by atoms with Crippen LogP contribution >= 0.6 is 11.3 Å². The van der Waals surface area contributed by atoms with Crippen molar-refractivity contribution < 1.29 is 13.2 Å². The van der Waals surface area contributed by atoms with E-state index < -0.39 is 11.7 Å². The first-order chi connectivity index (χ1) is 9.91. The average Bonchev–Trinajstić information content (AvgIpc) is 2.99. The first-order valence-corrected chi connectivity index (χ1v) is 6.93. The van der Waals surface area contributed by atoms with E-state index in [1.165, 1.54) is 17.4 Å². The highest BCUT2D eigenvalue weighted by Crippen LogP contribution is 2.34. The second-order valence-corrected chi connectivity index (χ2v) is 5.61. The van der Waals surface area contributed by atoms with Gasteiger partial charge in [0, 0.05) is 25.4 Å². The quantitative estimate of drug-likeness (QED) is 0.802. The lowest BCUT2D eigenvalue weighted by Gasteiger charge is -2.04. The second kappa shape index (κ2) is 5.03. The van der Waals surface area contributed by atoms with Gasteiger partial charge in [0.2, 0.25) is 0 Å². The monoisotopic (exact) mass is 312 g/mol. The van der Waals surface area contributed by atoms with Crippen LogP contribution in [0.1, 0.15) is 11.1 Å². The molecular formula is C13H11F3N4S. The van der Waals surface area contributed by atoms with Gasteiger partial charge in [0.25, 0.3) is 0 Å². The van der Waals surface area contributed by atoms with E-state index in [1.807, 2.05) is 13.2 Å². The highest BCUT2D eigenvalue weighted by atomic mass is 32.1. The van der Waals surface area contributed by atoms with Crippen LogP contribution in [0.4, 0.5) is 18.3 Å². The second-order valence-electron chi connectivity index (χ2n) is 4.58. The fourth-order valence-corrected chi connectivity index (χ4v) is 2.76. The predicted molar refractivity (Wildman–Crippen MR) is 75.2 cm³/mol. The summed E-state index contributed by atoms with van der Waals surface area (Å²) in [7, 11) is 1.82. The van der Waals surface area contributed by atoms with Gasteiger partial charge in [0.05, 0.1) is 22.0 Å². The van der Waals surface area contributed by atoms with Crippen molar-refractivity contribution in [1.82, 2.24) is 14.8 Å². The number of alkyl halides is 3. The van der Waals surface area contributed by atoms with Gasteiger partial charge >= 0.3 is 6.18 Å². The van der Waals surface area contributed by atoms with E-state index in [0.717, 1.165) is 22.4 Å². The molecule has 0 aliphatic carbocycles. The van der Waals surface area contributed by atoms with Crippen LogP contribution in [0.5, 0.6) is 0 Å². The Hall–Kier alpha value is -2.09. The number of anilines is 1. The number of aromatic nitrogens is 3. The standard InChI is InChI=1S/C13H11F3N4S/c1-20-7-8(6-18-20)5-17-12-19-10-4-9(13(14,15)16)2-3-11(10)21-12/h2-4,6-7H,5H2,1H3,(H,17,19). The Kier molecular flexibility index (Phi) is 3.32. The summed E-state index contributed by atoms with van der Waals surface area (Å²) in [5, 5.41) is 7.73. The summed E-state index contributed by atoms with van der Waals surface area (Å²) < 4.78 is 40.3. The number of halogens is 3. The molecule has 0 spiro atoms. The summed E-state index contributed by atoms with van der Waals surface area (Å²) >= 11 is 1.33. The van der Waals surface area contributed by atoms with Crippen molar-refractivity contribution in [3.63, 3.8) is 0 Å². The van der Waals surface area contributed by atoms with Crippen LogP contribution in [-0.2, 0) is 19.8 Å². The van der Waals surface area contributed by atoms with Crippen molar-refractivity contribution in [2.75, 3.05) is 5.32 Å². The maximum Gasteiger partial charge on any atom is 0.416 e. The zero-order valence-corrected chi connectivity index (χ0v) is 11.8. The summed E-state index contributed by atoms with van der Waals surface area (Å²) in [5.74, 6) is 0. The molecule has 0 unspecified atom stereocenters. The molecule has 8 heteroatoms. The number of hydrogen-bond donors (Lipinski definition) is 1. The minimum Gasteiger partial charge on any atom is -0.357 e. The lowest BCUT2D eigenvalue weighted by molar-refractivity contribution is -0.137. The van der Waals surface area contributed by atoms with Crippen LogP contribution in [0.3, 0.4) is 0 Å². The van der Waals surface area contributed by atoms with Crippen molar-refractivity contribution in [2.24, 2.45) is 7.05 Å². The molecule has 0 amide bonds. The molecule has 4 nitrogen and oxygen atoms in total. The molecular weight excluding hydrogens is 301 g/mol.